The number of hydrogen-bond acceptors (Lipinski definition) is 5. The van der Waals surface area contributed by atoms with Gasteiger partial charge >= 0.3 is 5.97 Å². The molecule has 20 heavy (non-hydrogen) atoms. The van der Waals surface area contributed by atoms with E-state index < -0.39 is 5.97 Å². The largest absolute Gasteiger partial charge is 0.465 e. The van der Waals surface area contributed by atoms with Crippen LogP contribution in [0.15, 0.2) is 34.3 Å². The first kappa shape index (κ1) is 14.6. The van der Waals surface area contributed by atoms with E-state index in [9.17, 15) is 9.59 Å². The second kappa shape index (κ2) is 6.56. The second-order valence-electron chi connectivity index (χ2n) is 4.21. The number of hydrazone groups is 1. The van der Waals surface area contributed by atoms with Crippen LogP contribution < -0.4 is 0 Å². The van der Waals surface area contributed by atoms with E-state index in [-0.39, 0.29) is 18.9 Å². The zero-order valence-corrected chi connectivity index (χ0v) is 12.3. The first-order chi connectivity index (χ1) is 9.63. The number of rotatable bonds is 5. The third-order valence-electron chi connectivity index (χ3n) is 2.86. The fourth-order valence-electron chi connectivity index (χ4n) is 1.87. The smallest absolute Gasteiger partial charge is 0.327 e. The van der Waals surface area contributed by atoms with Crippen molar-refractivity contribution in [1.82, 2.24) is 5.01 Å². The molecule has 0 saturated carbocycles. The Morgan fingerprint density at radius 3 is 2.70 bits per heavy atom. The molecule has 1 aromatic rings. The first-order valence-electron chi connectivity index (χ1n) is 6.32. The lowest BCUT2D eigenvalue weighted by Gasteiger charge is -2.09. The molecular formula is C14H16N2O3S. The Morgan fingerprint density at radius 2 is 2.10 bits per heavy atom. The Kier molecular flexibility index (Phi) is 4.79. The fourth-order valence-corrected chi connectivity index (χ4v) is 2.28. The van der Waals surface area contributed by atoms with Crippen molar-refractivity contribution >= 4 is 29.4 Å². The number of hydrogen-bond donors (Lipinski definition) is 0. The average molecular weight is 292 g/mol. The third-order valence-corrected chi connectivity index (χ3v) is 3.60. The zero-order chi connectivity index (χ0) is 14.5. The van der Waals surface area contributed by atoms with E-state index in [0.717, 1.165) is 10.5 Å². The molecule has 2 rings (SSSR count). The van der Waals surface area contributed by atoms with Crippen LogP contribution in [0.4, 0.5) is 0 Å². The third kappa shape index (κ3) is 3.39. The standard InChI is InChI=1S/C14H16N2O3S/c1-3-19-14(18)9-16-13(17)8-12(15-16)10-4-6-11(20-2)7-5-10/h4-7H,3,8-9H2,1-2H3. The molecule has 0 spiro atoms. The molecule has 0 aliphatic carbocycles. The number of carbonyl (C=O) groups excluding carboxylic acids is 2. The van der Waals surface area contributed by atoms with Gasteiger partial charge in [-0.2, -0.15) is 5.10 Å². The maximum Gasteiger partial charge on any atom is 0.327 e. The van der Waals surface area contributed by atoms with Crippen molar-refractivity contribution < 1.29 is 14.3 Å². The summed E-state index contributed by atoms with van der Waals surface area (Å²) in [5.74, 6) is -0.620. The number of thioether (sulfide) groups is 1. The summed E-state index contributed by atoms with van der Waals surface area (Å²) >= 11 is 1.66. The molecule has 0 N–H and O–H groups in total. The monoisotopic (exact) mass is 292 g/mol. The molecule has 0 aromatic heterocycles. The van der Waals surface area contributed by atoms with Crippen LogP contribution in [-0.2, 0) is 14.3 Å². The molecule has 0 radical (unpaired) electrons. The van der Waals surface area contributed by atoms with E-state index in [0.29, 0.717) is 12.3 Å². The van der Waals surface area contributed by atoms with Gasteiger partial charge in [0.2, 0.25) is 5.91 Å². The van der Waals surface area contributed by atoms with Crippen LogP contribution in [0.2, 0.25) is 0 Å². The zero-order valence-electron chi connectivity index (χ0n) is 11.5. The lowest BCUT2D eigenvalue weighted by molar-refractivity contribution is -0.148. The Labute approximate surface area is 122 Å². The minimum atomic E-state index is -0.441. The van der Waals surface area contributed by atoms with Crippen molar-refractivity contribution in [2.75, 3.05) is 19.4 Å². The Bertz CT molecular complexity index is 540. The molecule has 1 aromatic carbocycles. The van der Waals surface area contributed by atoms with Crippen LogP contribution in [0.5, 0.6) is 0 Å². The van der Waals surface area contributed by atoms with Crippen LogP contribution in [0.1, 0.15) is 18.9 Å². The van der Waals surface area contributed by atoms with Crippen molar-refractivity contribution in [3.63, 3.8) is 0 Å². The topological polar surface area (TPSA) is 59.0 Å². The van der Waals surface area contributed by atoms with E-state index in [2.05, 4.69) is 5.10 Å². The van der Waals surface area contributed by atoms with Gasteiger partial charge < -0.3 is 4.74 Å². The van der Waals surface area contributed by atoms with Gasteiger partial charge in [-0.25, -0.2) is 5.01 Å². The minimum absolute atomic E-state index is 0.126. The fraction of sp³-hybridized carbons (Fsp3) is 0.357. The normalized spacial score (nSPS) is 14.4. The highest BCUT2D eigenvalue weighted by molar-refractivity contribution is 7.98. The summed E-state index contributed by atoms with van der Waals surface area (Å²) in [7, 11) is 0. The maximum absolute atomic E-state index is 11.8. The maximum atomic E-state index is 11.8. The molecule has 1 heterocycles. The van der Waals surface area contributed by atoms with Crippen LogP contribution in [-0.4, -0.2) is 42.0 Å². The molecule has 0 fully saturated rings. The number of benzene rings is 1. The molecule has 6 heteroatoms. The summed E-state index contributed by atoms with van der Waals surface area (Å²) in [5.41, 5.74) is 1.59. The van der Waals surface area contributed by atoms with Gasteiger partial charge in [-0.3, -0.25) is 9.59 Å². The summed E-state index contributed by atoms with van der Waals surface area (Å²) in [6, 6.07) is 7.85. The Balaban J connectivity index is 2.09. The first-order valence-corrected chi connectivity index (χ1v) is 7.54. The van der Waals surface area contributed by atoms with Crippen LogP contribution in [0, 0.1) is 0 Å². The molecule has 0 atom stereocenters. The Hall–Kier alpha value is -1.82. The van der Waals surface area contributed by atoms with E-state index >= 15 is 0 Å². The summed E-state index contributed by atoms with van der Waals surface area (Å²) in [6.07, 6.45) is 2.23. The van der Waals surface area contributed by atoms with Crippen molar-refractivity contribution in [2.45, 2.75) is 18.2 Å². The summed E-state index contributed by atoms with van der Waals surface area (Å²) in [5, 5.41) is 5.39. The van der Waals surface area contributed by atoms with Gasteiger partial charge in [0.15, 0.2) is 0 Å². The van der Waals surface area contributed by atoms with Gasteiger partial charge in [0.25, 0.3) is 0 Å². The average Bonchev–Trinajstić information content (AvgIpc) is 2.80. The highest BCUT2D eigenvalue weighted by Gasteiger charge is 2.26. The van der Waals surface area contributed by atoms with Crippen molar-refractivity contribution in [1.29, 1.82) is 0 Å². The van der Waals surface area contributed by atoms with E-state index in [4.69, 9.17) is 4.74 Å². The number of amides is 1. The van der Waals surface area contributed by atoms with Gasteiger partial charge in [0, 0.05) is 4.90 Å². The molecule has 0 bridgehead atoms. The molecule has 106 valence electrons. The molecular weight excluding hydrogens is 276 g/mol. The molecule has 1 aliphatic heterocycles. The molecule has 1 amide bonds. The van der Waals surface area contributed by atoms with E-state index in [1.807, 2.05) is 30.5 Å². The van der Waals surface area contributed by atoms with Crippen molar-refractivity contribution in [3.8, 4) is 0 Å². The van der Waals surface area contributed by atoms with Crippen molar-refractivity contribution in [3.05, 3.63) is 29.8 Å². The quantitative estimate of drug-likeness (QED) is 0.614. The number of esters is 1. The molecule has 0 unspecified atom stereocenters. The summed E-state index contributed by atoms with van der Waals surface area (Å²) in [6.45, 7) is 1.90. The minimum Gasteiger partial charge on any atom is -0.465 e. The van der Waals surface area contributed by atoms with Crippen LogP contribution >= 0.6 is 11.8 Å². The highest BCUT2D eigenvalue weighted by atomic mass is 32.2. The summed E-state index contributed by atoms with van der Waals surface area (Å²) < 4.78 is 4.82. The number of nitrogens with zero attached hydrogens (tertiary/aromatic N) is 2. The van der Waals surface area contributed by atoms with Gasteiger partial charge in [0.1, 0.15) is 6.54 Å². The Morgan fingerprint density at radius 1 is 1.40 bits per heavy atom. The predicted molar refractivity (Wildman–Crippen MR) is 77.7 cm³/mol. The van der Waals surface area contributed by atoms with Crippen LogP contribution in [0.25, 0.3) is 0 Å². The van der Waals surface area contributed by atoms with Crippen molar-refractivity contribution in [2.24, 2.45) is 5.10 Å². The van der Waals surface area contributed by atoms with E-state index in [1.165, 1.54) is 5.01 Å². The van der Waals surface area contributed by atoms with E-state index in [1.54, 1.807) is 18.7 Å². The van der Waals surface area contributed by atoms with Crippen LogP contribution in [0.3, 0.4) is 0 Å². The summed E-state index contributed by atoms with van der Waals surface area (Å²) in [4.78, 5) is 24.4. The SMILES string of the molecule is CCOC(=O)CN1N=C(c2ccc(SC)cc2)CC1=O. The molecule has 1 aliphatic rings. The predicted octanol–water partition coefficient (Wildman–Crippen LogP) is 1.91. The lowest BCUT2D eigenvalue weighted by Crippen LogP contribution is -2.28. The van der Waals surface area contributed by atoms with Gasteiger partial charge in [-0.15, -0.1) is 11.8 Å². The number of carbonyl (C=O) groups is 2. The van der Waals surface area contributed by atoms with Gasteiger partial charge in [0.05, 0.1) is 18.7 Å². The second-order valence-corrected chi connectivity index (χ2v) is 5.09. The highest BCUT2D eigenvalue weighted by Crippen LogP contribution is 2.19. The number of ether oxygens (including phenoxy) is 1. The molecule has 0 saturated heterocycles. The van der Waals surface area contributed by atoms with Gasteiger partial charge in [-0.05, 0) is 30.9 Å². The lowest BCUT2D eigenvalue weighted by atomic mass is 10.1. The molecule has 5 nitrogen and oxygen atoms in total. The van der Waals surface area contributed by atoms with Gasteiger partial charge in [-0.1, -0.05) is 12.1 Å².